The van der Waals surface area contributed by atoms with Crippen molar-refractivity contribution >= 4 is 17.4 Å². The Bertz CT molecular complexity index is 2120. The van der Waals surface area contributed by atoms with Crippen molar-refractivity contribution in [3.63, 3.8) is 0 Å². The summed E-state index contributed by atoms with van der Waals surface area (Å²) in [6, 6.07) is 24.2. The van der Waals surface area contributed by atoms with Crippen molar-refractivity contribution in [3.8, 4) is 51.3 Å². The van der Waals surface area contributed by atoms with Gasteiger partial charge in [-0.15, -0.1) is 0 Å². The van der Waals surface area contributed by atoms with E-state index in [1.54, 1.807) is 40.2 Å². The molecule has 0 N–H and O–H groups in total. The highest BCUT2D eigenvalue weighted by Gasteiger charge is 2.29. The highest BCUT2D eigenvalue weighted by molar-refractivity contribution is 7.99. The second-order valence-electron chi connectivity index (χ2n) is 15.0. The fraction of sp³-hybridized carbons (Fsp3) is 0.391. The molecule has 2 aliphatic heterocycles. The first-order valence-electron chi connectivity index (χ1n) is 19.8. The lowest BCUT2D eigenvalue weighted by molar-refractivity contribution is 0.201. The number of ether oxygens (including phenoxy) is 5. The number of likely N-dealkylation sites (tertiary alicyclic amines) is 1. The molecule has 0 atom stereocenters. The molecule has 0 amide bonds. The molecule has 1 saturated carbocycles. The van der Waals surface area contributed by atoms with Gasteiger partial charge in [-0.2, -0.15) is 0 Å². The molecule has 56 heavy (non-hydrogen) atoms. The average molecular weight is 773 g/mol. The van der Waals surface area contributed by atoms with E-state index in [9.17, 15) is 0 Å². The van der Waals surface area contributed by atoms with Crippen LogP contribution in [-0.2, 0) is 19.5 Å². The summed E-state index contributed by atoms with van der Waals surface area (Å²) >= 11 is 1.75. The first kappa shape index (κ1) is 38.0. The van der Waals surface area contributed by atoms with Crippen molar-refractivity contribution in [2.75, 3.05) is 52.4 Å². The van der Waals surface area contributed by atoms with E-state index in [0.717, 1.165) is 91.4 Å². The molecule has 10 heteroatoms. The number of methoxy groups -OCH3 is 4. The lowest BCUT2D eigenvalue weighted by atomic mass is 9.94. The topological polar surface area (TPSA) is 78.4 Å². The van der Waals surface area contributed by atoms with E-state index < -0.39 is 0 Å². The van der Waals surface area contributed by atoms with Crippen LogP contribution in [0.2, 0.25) is 0 Å². The van der Waals surface area contributed by atoms with E-state index in [2.05, 4.69) is 71.3 Å². The molecule has 292 valence electrons. The standard InChI is InChI=1S/C46H52N4O5S/c1-6-7-37-38(32-9-10-32)21-33(22-41(37)51-2)40-20-30(14-17-47-40)27-49-18-15-35(16-19-49)50(36-11-13-45-42(25-36)55-29-56-45)28-31-8-12-39(48-26-31)34-23-43(52-3)46(54-5)44(24-34)53-4/h8,11-14,17,20-26,32,35H,6-7,9-10,15-16,18-19,27-29H2,1-5H3. The van der Waals surface area contributed by atoms with Gasteiger partial charge in [-0.1, -0.05) is 31.2 Å². The molecule has 2 fully saturated rings. The molecule has 0 spiro atoms. The summed E-state index contributed by atoms with van der Waals surface area (Å²) in [5, 5.41) is 0. The van der Waals surface area contributed by atoms with E-state index in [1.807, 2.05) is 24.5 Å². The predicted octanol–water partition coefficient (Wildman–Crippen LogP) is 9.79. The number of piperidine rings is 1. The van der Waals surface area contributed by atoms with E-state index in [-0.39, 0.29) is 0 Å². The fourth-order valence-electron chi connectivity index (χ4n) is 8.26. The molecule has 4 heterocycles. The zero-order chi connectivity index (χ0) is 38.6. The van der Waals surface area contributed by atoms with Crippen LogP contribution in [0.15, 0.2) is 84.0 Å². The lowest BCUT2D eigenvalue weighted by Gasteiger charge is -2.40. The SMILES string of the molecule is CCCc1c(OC)cc(-c2cc(CN3CCC(N(Cc4ccc(-c5cc(OC)c(OC)c(OC)c5)nc4)c4ccc5c(c4)OCS5)CC3)ccn2)cc1C1CC1. The van der Waals surface area contributed by atoms with Crippen molar-refractivity contribution < 1.29 is 23.7 Å². The zero-order valence-electron chi connectivity index (χ0n) is 33.2. The van der Waals surface area contributed by atoms with Crippen LogP contribution >= 0.6 is 11.8 Å². The molecular weight excluding hydrogens is 721 g/mol. The Labute approximate surface area is 335 Å². The Morgan fingerprint density at radius 3 is 2.20 bits per heavy atom. The minimum Gasteiger partial charge on any atom is -0.496 e. The Kier molecular flexibility index (Phi) is 11.6. The summed E-state index contributed by atoms with van der Waals surface area (Å²) in [5.41, 5.74) is 10.4. The van der Waals surface area contributed by atoms with Crippen molar-refractivity contribution in [1.29, 1.82) is 0 Å². The van der Waals surface area contributed by atoms with Gasteiger partial charge in [0.05, 0.1) is 44.7 Å². The van der Waals surface area contributed by atoms with Gasteiger partial charge in [-0.25, -0.2) is 0 Å². The van der Waals surface area contributed by atoms with Crippen LogP contribution < -0.4 is 28.6 Å². The number of nitrogens with zero attached hydrogens (tertiary/aromatic N) is 4. The Hall–Kier alpha value is -4.93. The zero-order valence-corrected chi connectivity index (χ0v) is 34.0. The largest absolute Gasteiger partial charge is 0.496 e. The Balaban J connectivity index is 0.981. The molecule has 2 aromatic heterocycles. The molecule has 3 aliphatic rings. The van der Waals surface area contributed by atoms with Crippen LogP contribution in [0.4, 0.5) is 5.69 Å². The van der Waals surface area contributed by atoms with Crippen LogP contribution in [0.25, 0.3) is 22.5 Å². The number of fused-ring (bicyclic) bond motifs is 1. The molecule has 0 radical (unpaired) electrons. The maximum Gasteiger partial charge on any atom is 0.203 e. The molecular formula is C46H52N4O5S. The monoisotopic (exact) mass is 772 g/mol. The number of benzene rings is 3. The second kappa shape index (κ2) is 17.1. The maximum atomic E-state index is 6.00. The summed E-state index contributed by atoms with van der Waals surface area (Å²) in [4.78, 5) is 16.1. The Morgan fingerprint density at radius 1 is 0.768 bits per heavy atom. The molecule has 8 rings (SSSR count). The van der Waals surface area contributed by atoms with Gasteiger partial charge < -0.3 is 28.6 Å². The van der Waals surface area contributed by atoms with Gasteiger partial charge in [-0.3, -0.25) is 14.9 Å². The highest BCUT2D eigenvalue weighted by atomic mass is 32.2. The van der Waals surface area contributed by atoms with E-state index in [4.69, 9.17) is 33.7 Å². The Morgan fingerprint density at radius 2 is 1.52 bits per heavy atom. The second-order valence-corrected chi connectivity index (χ2v) is 15.9. The number of hydrogen-bond donors (Lipinski definition) is 0. The van der Waals surface area contributed by atoms with Crippen LogP contribution in [0, 0.1) is 0 Å². The van der Waals surface area contributed by atoms with Crippen molar-refractivity contribution in [2.45, 2.75) is 75.4 Å². The average Bonchev–Trinajstić information content (AvgIpc) is 3.99. The summed E-state index contributed by atoms with van der Waals surface area (Å²) in [6.45, 7) is 5.92. The van der Waals surface area contributed by atoms with Crippen LogP contribution in [-0.4, -0.2) is 68.4 Å². The van der Waals surface area contributed by atoms with Crippen LogP contribution in [0.5, 0.6) is 28.7 Å². The van der Waals surface area contributed by atoms with Gasteiger partial charge in [-0.05, 0) is 115 Å². The number of rotatable bonds is 15. The molecule has 3 aromatic carbocycles. The van der Waals surface area contributed by atoms with Crippen LogP contribution in [0.3, 0.4) is 0 Å². The normalized spacial score (nSPS) is 15.6. The molecule has 1 saturated heterocycles. The summed E-state index contributed by atoms with van der Waals surface area (Å²) in [6.07, 6.45) is 10.8. The molecule has 9 nitrogen and oxygen atoms in total. The van der Waals surface area contributed by atoms with E-state index >= 15 is 0 Å². The third kappa shape index (κ3) is 8.13. The number of thioether (sulfide) groups is 1. The van der Waals surface area contributed by atoms with Gasteiger partial charge in [0.2, 0.25) is 5.75 Å². The highest BCUT2D eigenvalue weighted by Crippen LogP contribution is 2.46. The maximum absolute atomic E-state index is 6.00. The molecule has 0 unspecified atom stereocenters. The summed E-state index contributed by atoms with van der Waals surface area (Å²) < 4.78 is 28.7. The van der Waals surface area contributed by atoms with Gasteiger partial charge >= 0.3 is 0 Å². The van der Waals surface area contributed by atoms with E-state index in [1.165, 1.54) is 40.1 Å². The predicted molar refractivity (Wildman–Crippen MR) is 224 cm³/mol. The van der Waals surface area contributed by atoms with Gasteiger partial charge in [0.15, 0.2) is 11.5 Å². The minimum atomic E-state index is 0.371. The molecule has 1 aliphatic carbocycles. The van der Waals surface area contributed by atoms with Crippen molar-refractivity contribution in [2.24, 2.45) is 0 Å². The summed E-state index contributed by atoms with van der Waals surface area (Å²) in [5.74, 6) is 5.07. The van der Waals surface area contributed by atoms with E-state index in [0.29, 0.717) is 35.1 Å². The first-order chi connectivity index (χ1) is 27.5. The minimum absolute atomic E-state index is 0.371. The van der Waals surface area contributed by atoms with Crippen molar-refractivity contribution in [1.82, 2.24) is 14.9 Å². The lowest BCUT2D eigenvalue weighted by Crippen LogP contribution is -2.44. The van der Waals surface area contributed by atoms with Crippen LogP contribution in [0.1, 0.15) is 67.2 Å². The quantitative estimate of drug-likeness (QED) is 0.103. The summed E-state index contributed by atoms with van der Waals surface area (Å²) in [7, 11) is 6.67. The van der Waals surface area contributed by atoms with Gasteiger partial charge in [0, 0.05) is 67.5 Å². The third-order valence-electron chi connectivity index (χ3n) is 11.3. The molecule has 5 aromatic rings. The van der Waals surface area contributed by atoms with Gasteiger partial charge in [0.1, 0.15) is 17.4 Å². The fourth-order valence-corrected chi connectivity index (χ4v) is 9.00. The first-order valence-corrected chi connectivity index (χ1v) is 20.8. The van der Waals surface area contributed by atoms with Crippen molar-refractivity contribution in [3.05, 3.63) is 101 Å². The van der Waals surface area contributed by atoms with Gasteiger partial charge in [0.25, 0.3) is 0 Å². The number of anilines is 1. The number of hydrogen-bond acceptors (Lipinski definition) is 10. The third-order valence-corrected chi connectivity index (χ3v) is 12.2. The number of pyridine rings is 2. The number of aromatic nitrogens is 2. The smallest absolute Gasteiger partial charge is 0.203 e. The molecule has 0 bridgehead atoms.